The molecule has 2 aliphatic heterocycles. The highest BCUT2D eigenvalue weighted by Gasteiger charge is 2.27. The number of carbonyl (C=O) groups excluding carboxylic acids is 1. The normalized spacial score (nSPS) is 18.9. The number of rotatable bonds is 4. The van der Waals surface area contributed by atoms with Crippen LogP contribution in [0.2, 0.25) is 0 Å². The number of amides is 1. The average molecular weight is 351 g/mol. The molecule has 0 spiro atoms. The van der Waals surface area contributed by atoms with Crippen molar-refractivity contribution in [2.45, 2.75) is 59.0 Å². The lowest BCUT2D eigenvalue weighted by atomic mass is 9.98. The quantitative estimate of drug-likeness (QED) is 0.834. The Labute approximate surface area is 149 Å². The first-order valence-electron chi connectivity index (χ1n) is 9.10. The van der Waals surface area contributed by atoms with Crippen LogP contribution >= 0.6 is 0 Å². The molecule has 1 aromatic rings. The number of nitrogens with zero attached hydrogens (tertiary/aromatic N) is 3. The number of likely N-dealkylation sites (tertiary alicyclic amines) is 1. The van der Waals surface area contributed by atoms with E-state index < -0.39 is 5.60 Å². The largest absolute Gasteiger partial charge is 0.444 e. The highest BCUT2D eigenvalue weighted by Crippen LogP contribution is 2.20. The first-order valence-corrected chi connectivity index (χ1v) is 9.10. The second kappa shape index (κ2) is 7.74. The standard InChI is InChI=1S/C18H29N3O4/c1-18(2,3)25-17(22)20-6-4-14(5-7-20)11-24-12-15-10-16-13-23-9-8-21(16)19-15/h10,14H,4-9,11-13H2,1-3H3. The first-order chi connectivity index (χ1) is 11.9. The zero-order valence-corrected chi connectivity index (χ0v) is 15.5. The summed E-state index contributed by atoms with van der Waals surface area (Å²) in [5, 5.41) is 4.54. The van der Waals surface area contributed by atoms with Crippen molar-refractivity contribution in [1.29, 1.82) is 0 Å². The predicted octanol–water partition coefficient (Wildman–Crippen LogP) is 2.58. The van der Waals surface area contributed by atoms with Gasteiger partial charge in [0.05, 0.1) is 44.4 Å². The van der Waals surface area contributed by atoms with Gasteiger partial charge in [0.25, 0.3) is 0 Å². The Balaban J connectivity index is 1.37. The van der Waals surface area contributed by atoms with Gasteiger partial charge in [0, 0.05) is 13.1 Å². The molecule has 7 heteroatoms. The van der Waals surface area contributed by atoms with Crippen molar-refractivity contribution in [2.24, 2.45) is 5.92 Å². The number of piperidine rings is 1. The van der Waals surface area contributed by atoms with E-state index in [-0.39, 0.29) is 6.09 Å². The molecule has 140 valence electrons. The van der Waals surface area contributed by atoms with E-state index in [9.17, 15) is 4.79 Å². The molecule has 7 nitrogen and oxygen atoms in total. The minimum Gasteiger partial charge on any atom is -0.444 e. The summed E-state index contributed by atoms with van der Waals surface area (Å²) in [6.45, 7) is 10.6. The highest BCUT2D eigenvalue weighted by atomic mass is 16.6. The van der Waals surface area contributed by atoms with E-state index in [1.54, 1.807) is 4.90 Å². The Morgan fingerprint density at radius 1 is 1.32 bits per heavy atom. The van der Waals surface area contributed by atoms with Gasteiger partial charge in [-0.2, -0.15) is 5.10 Å². The number of fused-ring (bicyclic) bond motifs is 1. The molecule has 0 bridgehead atoms. The smallest absolute Gasteiger partial charge is 0.410 e. The number of hydrogen-bond donors (Lipinski definition) is 0. The summed E-state index contributed by atoms with van der Waals surface area (Å²) in [4.78, 5) is 13.9. The third-order valence-corrected chi connectivity index (χ3v) is 4.48. The van der Waals surface area contributed by atoms with Crippen molar-refractivity contribution in [3.05, 3.63) is 17.5 Å². The molecule has 3 rings (SSSR count). The molecule has 0 unspecified atom stereocenters. The van der Waals surface area contributed by atoms with Gasteiger partial charge in [-0.15, -0.1) is 0 Å². The number of carbonyl (C=O) groups is 1. The van der Waals surface area contributed by atoms with E-state index in [0.717, 1.165) is 50.5 Å². The zero-order valence-electron chi connectivity index (χ0n) is 15.5. The number of aromatic nitrogens is 2. The summed E-state index contributed by atoms with van der Waals surface area (Å²) >= 11 is 0. The Kier molecular flexibility index (Phi) is 5.64. The SMILES string of the molecule is CC(C)(C)OC(=O)N1CCC(COCc2cc3n(n2)CCOC3)CC1. The minimum atomic E-state index is -0.439. The van der Waals surface area contributed by atoms with Gasteiger partial charge in [-0.25, -0.2) is 4.79 Å². The third-order valence-electron chi connectivity index (χ3n) is 4.48. The van der Waals surface area contributed by atoms with Crippen LogP contribution < -0.4 is 0 Å². The van der Waals surface area contributed by atoms with Gasteiger partial charge in [0.15, 0.2) is 0 Å². The Morgan fingerprint density at radius 3 is 2.76 bits per heavy atom. The van der Waals surface area contributed by atoms with Gasteiger partial charge in [0.1, 0.15) is 5.60 Å². The summed E-state index contributed by atoms with van der Waals surface area (Å²) in [6, 6.07) is 2.06. The molecule has 1 fully saturated rings. The molecule has 1 saturated heterocycles. The summed E-state index contributed by atoms with van der Waals surface area (Å²) in [5.74, 6) is 0.485. The van der Waals surface area contributed by atoms with Gasteiger partial charge >= 0.3 is 6.09 Å². The molecule has 2 aliphatic rings. The van der Waals surface area contributed by atoms with E-state index in [1.165, 1.54) is 0 Å². The molecule has 0 aromatic carbocycles. The van der Waals surface area contributed by atoms with Crippen LogP contribution in [0, 0.1) is 5.92 Å². The monoisotopic (exact) mass is 351 g/mol. The fourth-order valence-corrected chi connectivity index (χ4v) is 3.16. The Hall–Kier alpha value is -1.60. The Bertz CT molecular complexity index is 562. The van der Waals surface area contributed by atoms with Crippen LogP contribution in [0.5, 0.6) is 0 Å². The fourth-order valence-electron chi connectivity index (χ4n) is 3.16. The predicted molar refractivity (Wildman–Crippen MR) is 92.1 cm³/mol. The first kappa shape index (κ1) is 18.2. The van der Waals surface area contributed by atoms with E-state index in [0.29, 0.717) is 25.7 Å². The molecule has 3 heterocycles. The molecule has 1 aromatic heterocycles. The summed E-state index contributed by atoms with van der Waals surface area (Å²) in [5.41, 5.74) is 1.65. The molecule has 0 saturated carbocycles. The van der Waals surface area contributed by atoms with Crippen LogP contribution in [0.3, 0.4) is 0 Å². The lowest BCUT2D eigenvalue weighted by Crippen LogP contribution is -2.42. The third kappa shape index (κ3) is 5.19. The second-order valence-corrected chi connectivity index (χ2v) is 7.83. The molecular formula is C18H29N3O4. The Morgan fingerprint density at radius 2 is 2.08 bits per heavy atom. The van der Waals surface area contributed by atoms with Crippen LogP contribution in [0.4, 0.5) is 4.79 Å². The fraction of sp³-hybridized carbons (Fsp3) is 0.778. The molecule has 0 atom stereocenters. The van der Waals surface area contributed by atoms with Crippen LogP contribution in [0.25, 0.3) is 0 Å². The van der Waals surface area contributed by atoms with Gasteiger partial charge in [0.2, 0.25) is 0 Å². The van der Waals surface area contributed by atoms with Crippen LogP contribution in [-0.4, -0.2) is 52.7 Å². The maximum absolute atomic E-state index is 12.1. The average Bonchev–Trinajstić information content (AvgIpc) is 2.96. The summed E-state index contributed by atoms with van der Waals surface area (Å²) in [7, 11) is 0. The van der Waals surface area contributed by atoms with Crippen molar-refractivity contribution in [1.82, 2.24) is 14.7 Å². The molecule has 0 radical (unpaired) electrons. The second-order valence-electron chi connectivity index (χ2n) is 7.83. The van der Waals surface area contributed by atoms with Crippen molar-refractivity contribution < 1.29 is 19.0 Å². The van der Waals surface area contributed by atoms with E-state index in [2.05, 4.69) is 11.2 Å². The molecular weight excluding hydrogens is 322 g/mol. The summed E-state index contributed by atoms with van der Waals surface area (Å²) in [6.07, 6.45) is 1.69. The maximum atomic E-state index is 12.1. The van der Waals surface area contributed by atoms with E-state index in [4.69, 9.17) is 14.2 Å². The van der Waals surface area contributed by atoms with Crippen molar-refractivity contribution in [2.75, 3.05) is 26.3 Å². The molecule has 0 aliphatic carbocycles. The highest BCUT2D eigenvalue weighted by molar-refractivity contribution is 5.68. The van der Waals surface area contributed by atoms with Crippen molar-refractivity contribution in [3.8, 4) is 0 Å². The molecule has 0 N–H and O–H groups in total. The number of hydrogen-bond acceptors (Lipinski definition) is 5. The van der Waals surface area contributed by atoms with Gasteiger partial charge in [-0.05, 0) is 45.6 Å². The lowest BCUT2D eigenvalue weighted by Gasteiger charge is -2.33. The maximum Gasteiger partial charge on any atom is 0.410 e. The molecule has 25 heavy (non-hydrogen) atoms. The van der Waals surface area contributed by atoms with Crippen molar-refractivity contribution in [3.63, 3.8) is 0 Å². The zero-order chi connectivity index (χ0) is 17.9. The van der Waals surface area contributed by atoms with Gasteiger partial charge < -0.3 is 19.1 Å². The van der Waals surface area contributed by atoms with Gasteiger partial charge in [-0.3, -0.25) is 4.68 Å². The number of ether oxygens (including phenoxy) is 3. The van der Waals surface area contributed by atoms with Crippen molar-refractivity contribution >= 4 is 6.09 Å². The molecule has 1 amide bonds. The van der Waals surface area contributed by atoms with E-state index >= 15 is 0 Å². The topological polar surface area (TPSA) is 65.8 Å². The van der Waals surface area contributed by atoms with Crippen LogP contribution in [-0.2, 0) is 34.0 Å². The van der Waals surface area contributed by atoms with E-state index in [1.807, 2.05) is 25.5 Å². The summed E-state index contributed by atoms with van der Waals surface area (Å²) < 4.78 is 18.7. The van der Waals surface area contributed by atoms with Gasteiger partial charge in [-0.1, -0.05) is 0 Å². The lowest BCUT2D eigenvalue weighted by molar-refractivity contribution is 0.0103. The van der Waals surface area contributed by atoms with Crippen LogP contribution in [0.1, 0.15) is 45.0 Å². The van der Waals surface area contributed by atoms with Crippen LogP contribution in [0.15, 0.2) is 6.07 Å². The minimum absolute atomic E-state index is 0.210.